The van der Waals surface area contributed by atoms with Gasteiger partial charge in [0.2, 0.25) is 0 Å². The molecule has 114 valence electrons. The minimum absolute atomic E-state index is 0.0608. The van der Waals surface area contributed by atoms with E-state index in [1.54, 1.807) is 24.3 Å². The van der Waals surface area contributed by atoms with E-state index in [1.807, 2.05) is 0 Å². The van der Waals surface area contributed by atoms with Crippen LogP contribution in [0.1, 0.15) is 10.4 Å². The minimum Gasteiger partial charge on any atom is -0.490 e. The number of rotatable bonds is 5. The van der Waals surface area contributed by atoms with Gasteiger partial charge in [-0.2, -0.15) is 0 Å². The zero-order valence-corrected chi connectivity index (χ0v) is 11.5. The van der Waals surface area contributed by atoms with Gasteiger partial charge in [0, 0.05) is 6.07 Å². The summed E-state index contributed by atoms with van der Waals surface area (Å²) in [5.74, 6) is -1.68. The Hall–Kier alpha value is -2.47. The summed E-state index contributed by atoms with van der Waals surface area (Å²) in [6, 6.07) is 9.59. The zero-order chi connectivity index (χ0) is 15.5. The lowest BCUT2D eigenvalue weighted by Crippen LogP contribution is -2.15. The molecule has 0 saturated carbocycles. The van der Waals surface area contributed by atoms with Crippen LogP contribution in [-0.4, -0.2) is 25.2 Å². The fourth-order valence-corrected chi connectivity index (χ4v) is 1.91. The number of halogens is 2. The second-order valence-corrected chi connectivity index (χ2v) is 4.84. The van der Waals surface area contributed by atoms with E-state index in [0.717, 1.165) is 6.07 Å². The van der Waals surface area contributed by atoms with E-state index in [9.17, 15) is 13.6 Å². The summed E-state index contributed by atoms with van der Waals surface area (Å²) >= 11 is 0. The quantitative estimate of drug-likeness (QED) is 0.864. The number of epoxide rings is 1. The van der Waals surface area contributed by atoms with Gasteiger partial charge in [-0.05, 0) is 24.3 Å². The summed E-state index contributed by atoms with van der Waals surface area (Å²) in [4.78, 5) is 12.2. The molecule has 3 rings (SSSR count). The van der Waals surface area contributed by atoms with Crippen molar-refractivity contribution in [3.05, 3.63) is 59.7 Å². The first kappa shape index (κ1) is 14.5. The molecular formula is C16H13F2NO3. The molecule has 4 nitrogen and oxygen atoms in total. The number of nitrogens with one attached hydrogen (secondary N) is 1. The smallest absolute Gasteiger partial charge is 0.259 e. The third-order valence-corrected chi connectivity index (χ3v) is 3.14. The fourth-order valence-electron chi connectivity index (χ4n) is 1.91. The molecule has 0 aromatic heterocycles. The number of carbonyl (C=O) groups excluding carboxylic acids is 1. The van der Waals surface area contributed by atoms with Crippen LogP contribution in [0.15, 0.2) is 42.5 Å². The maximum atomic E-state index is 13.6. The minimum atomic E-state index is -0.835. The Morgan fingerprint density at radius 1 is 1.27 bits per heavy atom. The van der Waals surface area contributed by atoms with Gasteiger partial charge >= 0.3 is 0 Å². The highest BCUT2D eigenvalue weighted by Gasteiger charge is 2.24. The summed E-state index contributed by atoms with van der Waals surface area (Å²) in [7, 11) is 0. The molecule has 1 heterocycles. The molecule has 0 spiro atoms. The average Bonchev–Trinajstić information content (AvgIpc) is 3.32. The fraction of sp³-hybridized carbons (Fsp3) is 0.188. The zero-order valence-electron chi connectivity index (χ0n) is 11.5. The van der Waals surface area contributed by atoms with Gasteiger partial charge in [0.05, 0.1) is 17.9 Å². The van der Waals surface area contributed by atoms with Crippen molar-refractivity contribution in [1.82, 2.24) is 0 Å². The third-order valence-electron chi connectivity index (χ3n) is 3.14. The van der Waals surface area contributed by atoms with Crippen LogP contribution in [0.3, 0.4) is 0 Å². The predicted octanol–water partition coefficient (Wildman–Crippen LogP) is 2.99. The van der Waals surface area contributed by atoms with Gasteiger partial charge < -0.3 is 14.8 Å². The second kappa shape index (κ2) is 6.11. The van der Waals surface area contributed by atoms with Crippen LogP contribution in [0.2, 0.25) is 0 Å². The van der Waals surface area contributed by atoms with Gasteiger partial charge in [0.15, 0.2) is 0 Å². The molecule has 1 saturated heterocycles. The average molecular weight is 305 g/mol. The first-order valence-electron chi connectivity index (χ1n) is 6.73. The standard InChI is InChI=1S/C16H13F2NO3/c17-10-5-6-14(13(18)7-10)19-16(20)12-3-1-2-4-15(12)22-9-11-8-21-11/h1-7,11H,8-9H2,(H,19,20). The van der Waals surface area contributed by atoms with Crippen LogP contribution in [0.5, 0.6) is 5.75 Å². The monoisotopic (exact) mass is 305 g/mol. The van der Waals surface area contributed by atoms with Crippen LogP contribution >= 0.6 is 0 Å². The van der Waals surface area contributed by atoms with Crippen molar-refractivity contribution in [3.63, 3.8) is 0 Å². The number of hydrogen-bond donors (Lipinski definition) is 1. The van der Waals surface area contributed by atoms with Crippen LogP contribution in [0.4, 0.5) is 14.5 Å². The summed E-state index contributed by atoms with van der Waals surface area (Å²) in [5, 5.41) is 2.41. The van der Waals surface area contributed by atoms with E-state index in [4.69, 9.17) is 9.47 Å². The van der Waals surface area contributed by atoms with Crippen molar-refractivity contribution < 1.29 is 23.0 Å². The number of para-hydroxylation sites is 1. The molecule has 6 heteroatoms. The Bertz CT molecular complexity index is 702. The number of anilines is 1. The molecule has 0 aliphatic carbocycles. The van der Waals surface area contributed by atoms with Gasteiger partial charge in [-0.15, -0.1) is 0 Å². The number of hydrogen-bond acceptors (Lipinski definition) is 3. The summed E-state index contributed by atoms with van der Waals surface area (Å²) in [5.41, 5.74) is 0.179. The topological polar surface area (TPSA) is 50.9 Å². The molecule has 2 aromatic carbocycles. The summed E-state index contributed by atoms with van der Waals surface area (Å²) < 4.78 is 37.0. The van der Waals surface area contributed by atoms with Crippen molar-refractivity contribution in [2.24, 2.45) is 0 Å². The molecule has 0 bridgehead atoms. The normalized spacial score (nSPS) is 16.2. The Morgan fingerprint density at radius 3 is 2.77 bits per heavy atom. The highest BCUT2D eigenvalue weighted by atomic mass is 19.1. The SMILES string of the molecule is O=C(Nc1ccc(F)cc1F)c1ccccc1OCC1CO1. The van der Waals surface area contributed by atoms with E-state index in [1.165, 1.54) is 6.07 Å². The molecule has 2 aromatic rings. The summed E-state index contributed by atoms with van der Waals surface area (Å²) in [6.45, 7) is 1.00. The molecular weight excluding hydrogens is 292 g/mol. The van der Waals surface area contributed by atoms with Gasteiger partial charge in [-0.25, -0.2) is 8.78 Å². The van der Waals surface area contributed by atoms with Gasteiger partial charge in [0.25, 0.3) is 5.91 Å². The van der Waals surface area contributed by atoms with E-state index < -0.39 is 17.5 Å². The first-order valence-corrected chi connectivity index (χ1v) is 6.73. The Labute approximate surface area is 125 Å². The van der Waals surface area contributed by atoms with Crippen LogP contribution in [-0.2, 0) is 4.74 Å². The van der Waals surface area contributed by atoms with E-state index >= 15 is 0 Å². The highest BCUT2D eigenvalue weighted by Crippen LogP contribution is 2.22. The molecule has 0 radical (unpaired) electrons. The third kappa shape index (κ3) is 3.40. The first-order chi connectivity index (χ1) is 10.6. The number of ether oxygens (including phenoxy) is 2. The lowest BCUT2D eigenvalue weighted by Gasteiger charge is -2.11. The second-order valence-electron chi connectivity index (χ2n) is 4.84. The van der Waals surface area contributed by atoms with Crippen LogP contribution in [0.25, 0.3) is 0 Å². The number of amides is 1. The number of benzene rings is 2. The Morgan fingerprint density at radius 2 is 2.05 bits per heavy atom. The van der Waals surface area contributed by atoms with Crippen LogP contribution in [0, 0.1) is 11.6 Å². The van der Waals surface area contributed by atoms with Gasteiger partial charge in [-0.3, -0.25) is 4.79 Å². The Kier molecular flexibility index (Phi) is 4.02. The summed E-state index contributed by atoms with van der Waals surface area (Å²) in [6.07, 6.45) is 0.0608. The molecule has 1 unspecified atom stereocenters. The van der Waals surface area contributed by atoms with Crippen molar-refractivity contribution >= 4 is 11.6 Å². The van der Waals surface area contributed by atoms with Crippen molar-refractivity contribution in [1.29, 1.82) is 0 Å². The number of carbonyl (C=O) groups is 1. The van der Waals surface area contributed by atoms with Gasteiger partial charge in [-0.1, -0.05) is 12.1 Å². The predicted molar refractivity (Wildman–Crippen MR) is 76.0 cm³/mol. The van der Waals surface area contributed by atoms with Crippen molar-refractivity contribution in [2.45, 2.75) is 6.10 Å². The molecule has 1 amide bonds. The maximum absolute atomic E-state index is 13.6. The van der Waals surface area contributed by atoms with Crippen LogP contribution < -0.4 is 10.1 Å². The lowest BCUT2D eigenvalue weighted by molar-refractivity contribution is 0.102. The molecule has 1 atom stereocenters. The van der Waals surface area contributed by atoms with Crippen molar-refractivity contribution in [2.75, 3.05) is 18.5 Å². The van der Waals surface area contributed by atoms with E-state index in [0.29, 0.717) is 25.0 Å². The lowest BCUT2D eigenvalue weighted by atomic mass is 10.2. The highest BCUT2D eigenvalue weighted by molar-refractivity contribution is 6.06. The van der Waals surface area contributed by atoms with E-state index in [-0.39, 0.29) is 17.4 Å². The largest absolute Gasteiger partial charge is 0.490 e. The molecule has 22 heavy (non-hydrogen) atoms. The molecule has 1 N–H and O–H groups in total. The maximum Gasteiger partial charge on any atom is 0.259 e. The molecule has 1 aliphatic rings. The van der Waals surface area contributed by atoms with Crippen molar-refractivity contribution in [3.8, 4) is 5.75 Å². The molecule has 1 aliphatic heterocycles. The Balaban J connectivity index is 1.76. The van der Waals surface area contributed by atoms with E-state index in [2.05, 4.69) is 5.32 Å². The van der Waals surface area contributed by atoms with Gasteiger partial charge in [0.1, 0.15) is 30.1 Å². The molecule has 1 fully saturated rings.